The number of amidine groups is 1. The molecule has 0 spiro atoms. The van der Waals surface area contributed by atoms with Gasteiger partial charge in [-0.05, 0) is 46.3 Å². The molecule has 0 aromatic heterocycles. The van der Waals surface area contributed by atoms with Crippen LogP contribution in [0.15, 0.2) is 44.4 Å². The van der Waals surface area contributed by atoms with Gasteiger partial charge in [-0.15, -0.1) is 0 Å². The number of hydrogen-bond acceptors (Lipinski definition) is 3. The summed E-state index contributed by atoms with van der Waals surface area (Å²) in [4.78, 5) is 0. The Hall–Kier alpha value is -1.67. The first-order valence-electron chi connectivity index (χ1n) is 5.52. The predicted molar refractivity (Wildman–Crippen MR) is 80.8 cm³/mol. The van der Waals surface area contributed by atoms with Gasteiger partial charge < -0.3 is 15.7 Å². The Balaban J connectivity index is 2.35. The number of hydrogen-bond donors (Lipinski definition) is 2. The highest BCUT2D eigenvalue weighted by Gasteiger charge is 2.13. The van der Waals surface area contributed by atoms with Gasteiger partial charge in [0.2, 0.25) is 5.82 Å². The molecule has 0 heterocycles. The largest absolute Gasteiger partial charge is 0.454 e. The molecule has 8 heteroatoms. The summed E-state index contributed by atoms with van der Waals surface area (Å²) in [6.07, 6.45) is 0. The van der Waals surface area contributed by atoms with Crippen LogP contribution in [0.4, 0.5) is 8.78 Å². The summed E-state index contributed by atoms with van der Waals surface area (Å²) >= 11 is 6.28. The van der Waals surface area contributed by atoms with Crippen LogP contribution in [0.25, 0.3) is 0 Å². The van der Waals surface area contributed by atoms with Crippen LogP contribution < -0.4 is 10.5 Å². The van der Waals surface area contributed by atoms with Crippen LogP contribution in [0, 0.1) is 11.6 Å². The highest BCUT2D eigenvalue weighted by atomic mass is 79.9. The van der Waals surface area contributed by atoms with Crippen LogP contribution in [0.2, 0.25) is 0 Å². The van der Waals surface area contributed by atoms with Crippen LogP contribution in [-0.2, 0) is 0 Å². The third-order valence-corrected chi connectivity index (χ3v) is 3.63. The fraction of sp³-hybridized carbons (Fsp3) is 0. The lowest BCUT2D eigenvalue weighted by Crippen LogP contribution is -2.13. The topological polar surface area (TPSA) is 67.8 Å². The van der Waals surface area contributed by atoms with E-state index in [4.69, 9.17) is 15.7 Å². The van der Waals surface area contributed by atoms with Crippen LogP contribution in [0.5, 0.6) is 11.5 Å². The third-order valence-electron chi connectivity index (χ3n) is 2.51. The maximum absolute atomic E-state index is 13.6. The van der Waals surface area contributed by atoms with Crippen molar-refractivity contribution >= 4 is 37.7 Å². The van der Waals surface area contributed by atoms with Crippen molar-refractivity contribution in [2.75, 3.05) is 0 Å². The van der Waals surface area contributed by atoms with E-state index in [0.717, 1.165) is 6.07 Å². The molecular weight excluding hydrogens is 414 g/mol. The summed E-state index contributed by atoms with van der Waals surface area (Å²) in [5.41, 5.74) is 5.91. The van der Waals surface area contributed by atoms with Gasteiger partial charge in [0.25, 0.3) is 0 Å². The number of ether oxygens (including phenoxy) is 1. The monoisotopic (exact) mass is 420 g/mol. The van der Waals surface area contributed by atoms with E-state index in [1.807, 2.05) is 0 Å². The molecule has 110 valence electrons. The number of benzene rings is 2. The zero-order valence-corrected chi connectivity index (χ0v) is 13.5. The summed E-state index contributed by atoms with van der Waals surface area (Å²) in [7, 11) is 0. The molecule has 2 aromatic carbocycles. The summed E-state index contributed by atoms with van der Waals surface area (Å²) in [6, 6.07) is 6.80. The minimum Gasteiger partial charge on any atom is -0.454 e. The van der Waals surface area contributed by atoms with Gasteiger partial charge in [-0.1, -0.05) is 21.1 Å². The first-order valence-corrected chi connectivity index (χ1v) is 7.11. The number of nitrogens with two attached hydrogens (primary N) is 1. The Morgan fingerprint density at radius 1 is 1.19 bits per heavy atom. The molecule has 0 unspecified atom stereocenters. The fourth-order valence-electron chi connectivity index (χ4n) is 1.55. The quantitative estimate of drug-likeness (QED) is 0.254. The van der Waals surface area contributed by atoms with E-state index in [9.17, 15) is 8.78 Å². The lowest BCUT2D eigenvalue weighted by Gasteiger charge is -2.10. The molecule has 0 amide bonds. The highest BCUT2D eigenvalue weighted by Crippen LogP contribution is 2.31. The molecule has 2 rings (SSSR count). The van der Waals surface area contributed by atoms with Gasteiger partial charge in [0, 0.05) is 14.5 Å². The molecule has 4 nitrogen and oxygen atoms in total. The Labute approximate surface area is 135 Å². The third kappa shape index (κ3) is 3.51. The second-order valence-electron chi connectivity index (χ2n) is 3.93. The van der Waals surface area contributed by atoms with E-state index in [2.05, 4.69) is 37.0 Å². The van der Waals surface area contributed by atoms with Gasteiger partial charge in [0.1, 0.15) is 5.75 Å². The van der Waals surface area contributed by atoms with E-state index in [-0.39, 0.29) is 17.3 Å². The van der Waals surface area contributed by atoms with Gasteiger partial charge in [-0.3, -0.25) is 0 Å². The van der Waals surface area contributed by atoms with Crippen molar-refractivity contribution in [1.29, 1.82) is 0 Å². The minimum absolute atomic E-state index is 0.0897. The molecule has 0 radical (unpaired) electrons. The zero-order chi connectivity index (χ0) is 15.6. The molecule has 0 aliphatic rings. The summed E-state index contributed by atoms with van der Waals surface area (Å²) < 4.78 is 33.0. The summed E-state index contributed by atoms with van der Waals surface area (Å²) in [5.74, 6) is -2.20. The van der Waals surface area contributed by atoms with E-state index < -0.39 is 11.6 Å². The number of halogens is 4. The van der Waals surface area contributed by atoms with Crippen molar-refractivity contribution in [3.8, 4) is 11.5 Å². The SMILES string of the molecule is N/C(=N/O)c1ccc(Oc2cc(Br)cc(F)c2F)cc1Br. The van der Waals surface area contributed by atoms with Gasteiger partial charge in [-0.2, -0.15) is 4.39 Å². The van der Waals surface area contributed by atoms with Crippen molar-refractivity contribution in [2.45, 2.75) is 0 Å². The highest BCUT2D eigenvalue weighted by molar-refractivity contribution is 9.10. The lowest BCUT2D eigenvalue weighted by molar-refractivity contribution is 0.318. The van der Waals surface area contributed by atoms with Crippen LogP contribution in [-0.4, -0.2) is 11.0 Å². The van der Waals surface area contributed by atoms with Gasteiger partial charge >= 0.3 is 0 Å². The van der Waals surface area contributed by atoms with Crippen molar-refractivity contribution in [2.24, 2.45) is 10.9 Å². The normalized spacial score (nSPS) is 11.5. The molecule has 21 heavy (non-hydrogen) atoms. The van der Waals surface area contributed by atoms with E-state index in [0.29, 0.717) is 14.5 Å². The molecule has 0 aliphatic heterocycles. The van der Waals surface area contributed by atoms with Crippen LogP contribution in [0.3, 0.4) is 0 Å². The molecule has 0 fully saturated rings. The van der Waals surface area contributed by atoms with Crippen molar-refractivity contribution < 1.29 is 18.7 Å². The first kappa shape index (κ1) is 15.7. The molecule has 3 N–H and O–H groups in total. The van der Waals surface area contributed by atoms with Crippen molar-refractivity contribution in [3.05, 3.63) is 56.5 Å². The maximum Gasteiger partial charge on any atom is 0.201 e. The second kappa shape index (κ2) is 6.40. The Morgan fingerprint density at radius 3 is 2.52 bits per heavy atom. The first-order chi connectivity index (χ1) is 9.92. The Bertz CT molecular complexity index is 724. The molecule has 0 bridgehead atoms. The number of nitrogens with zero attached hydrogens (tertiary/aromatic N) is 1. The Morgan fingerprint density at radius 2 is 1.90 bits per heavy atom. The summed E-state index contributed by atoms with van der Waals surface area (Å²) in [6.45, 7) is 0. The average Bonchev–Trinajstić information content (AvgIpc) is 2.43. The summed E-state index contributed by atoms with van der Waals surface area (Å²) in [5, 5.41) is 11.5. The Kier molecular flexibility index (Phi) is 4.79. The molecule has 0 saturated carbocycles. The molecular formula is C13H8Br2F2N2O2. The molecule has 2 aromatic rings. The van der Waals surface area contributed by atoms with Gasteiger partial charge in [-0.25, -0.2) is 4.39 Å². The van der Waals surface area contributed by atoms with Crippen LogP contribution in [0.1, 0.15) is 5.56 Å². The van der Waals surface area contributed by atoms with Crippen molar-refractivity contribution in [3.63, 3.8) is 0 Å². The van der Waals surface area contributed by atoms with Crippen LogP contribution >= 0.6 is 31.9 Å². The zero-order valence-electron chi connectivity index (χ0n) is 10.3. The minimum atomic E-state index is -1.09. The van der Waals surface area contributed by atoms with Crippen molar-refractivity contribution in [1.82, 2.24) is 0 Å². The lowest BCUT2D eigenvalue weighted by atomic mass is 10.2. The smallest absolute Gasteiger partial charge is 0.201 e. The number of rotatable bonds is 3. The van der Waals surface area contributed by atoms with Gasteiger partial charge in [0.15, 0.2) is 17.4 Å². The van der Waals surface area contributed by atoms with E-state index in [1.165, 1.54) is 24.3 Å². The maximum atomic E-state index is 13.6. The van der Waals surface area contributed by atoms with Gasteiger partial charge in [0.05, 0.1) is 0 Å². The average molecular weight is 422 g/mol. The predicted octanol–water partition coefficient (Wildman–Crippen LogP) is 4.38. The molecule has 0 saturated heterocycles. The molecule has 0 aliphatic carbocycles. The fourth-order valence-corrected chi connectivity index (χ4v) is 2.52. The standard InChI is InChI=1S/C13H8Br2F2N2O2/c14-6-3-10(16)12(17)11(4-6)21-7-1-2-8(9(15)5-7)13(18)19-20/h1-5,20H,(H2,18,19). The van der Waals surface area contributed by atoms with E-state index >= 15 is 0 Å². The molecule has 0 atom stereocenters. The second-order valence-corrected chi connectivity index (χ2v) is 5.70. The number of oxime groups is 1. The van der Waals surface area contributed by atoms with E-state index in [1.54, 1.807) is 0 Å².